The molecule has 0 aliphatic carbocycles. The Morgan fingerprint density at radius 3 is 2.35 bits per heavy atom. The van der Waals surface area contributed by atoms with E-state index in [-0.39, 0.29) is 33.6 Å². The van der Waals surface area contributed by atoms with Crippen LogP contribution in [-0.4, -0.2) is 16.7 Å². The van der Waals surface area contributed by atoms with Gasteiger partial charge >= 0.3 is 5.63 Å². The Hall–Kier alpha value is -3.21. The Labute approximate surface area is 130 Å². The molecule has 0 atom stereocenters. The van der Waals surface area contributed by atoms with Gasteiger partial charge in [0.15, 0.2) is 11.6 Å². The monoisotopic (exact) mass is 308 g/mol. The maximum Gasteiger partial charge on any atom is 0.347 e. The lowest BCUT2D eigenvalue weighted by atomic mass is 10.00. The third-order valence-corrected chi connectivity index (χ3v) is 3.55. The molecule has 0 radical (unpaired) electrons. The first kappa shape index (κ1) is 14.7. The molecule has 3 aromatic rings. The molecule has 114 valence electrons. The average molecular weight is 308 g/mol. The Kier molecular flexibility index (Phi) is 3.54. The number of aromatic hydroxyl groups is 1. The summed E-state index contributed by atoms with van der Waals surface area (Å²) in [7, 11) is 0. The van der Waals surface area contributed by atoms with Gasteiger partial charge in [-0.2, -0.15) is 0 Å². The summed E-state index contributed by atoms with van der Waals surface area (Å²) in [6, 6.07) is 12.6. The highest BCUT2D eigenvalue weighted by Gasteiger charge is 2.18. The lowest BCUT2D eigenvalue weighted by Crippen LogP contribution is -2.11. The van der Waals surface area contributed by atoms with Crippen molar-refractivity contribution in [2.45, 2.75) is 6.92 Å². The first-order valence-corrected chi connectivity index (χ1v) is 6.89. The van der Waals surface area contributed by atoms with E-state index in [1.807, 2.05) is 0 Å². The average Bonchev–Trinajstić information content (AvgIpc) is 2.54. The molecule has 5 heteroatoms. The summed E-state index contributed by atoms with van der Waals surface area (Å²) in [6.07, 6.45) is 0. The Bertz CT molecular complexity index is 983. The highest BCUT2D eigenvalue weighted by molar-refractivity contribution is 6.13. The Balaban J connectivity index is 2.23. The molecule has 3 rings (SSSR count). The third kappa shape index (κ3) is 2.53. The van der Waals surface area contributed by atoms with Crippen molar-refractivity contribution in [2.75, 3.05) is 0 Å². The topological polar surface area (TPSA) is 84.6 Å². The van der Waals surface area contributed by atoms with Gasteiger partial charge in [-0.05, 0) is 25.1 Å². The minimum absolute atomic E-state index is 0.0760. The number of benzene rings is 2. The summed E-state index contributed by atoms with van der Waals surface area (Å²) >= 11 is 0. The molecule has 2 aromatic carbocycles. The van der Waals surface area contributed by atoms with Gasteiger partial charge in [-0.25, -0.2) is 4.79 Å². The van der Waals surface area contributed by atoms with Crippen LogP contribution >= 0.6 is 0 Å². The van der Waals surface area contributed by atoms with Crippen LogP contribution in [0.3, 0.4) is 0 Å². The molecule has 1 aromatic heterocycles. The number of hydrogen-bond acceptors (Lipinski definition) is 5. The molecule has 0 aliphatic rings. The van der Waals surface area contributed by atoms with Crippen molar-refractivity contribution < 1.29 is 19.1 Å². The molecule has 23 heavy (non-hydrogen) atoms. The van der Waals surface area contributed by atoms with E-state index in [0.717, 1.165) is 0 Å². The predicted molar refractivity (Wildman–Crippen MR) is 84.0 cm³/mol. The number of carbonyl (C=O) groups excluding carboxylic acids is 2. The fourth-order valence-electron chi connectivity index (χ4n) is 2.35. The minimum atomic E-state index is -0.772. The fraction of sp³-hybridized carbons (Fsp3) is 0.0556. The zero-order valence-electron chi connectivity index (χ0n) is 12.2. The highest BCUT2D eigenvalue weighted by atomic mass is 16.4. The molecule has 0 spiro atoms. The van der Waals surface area contributed by atoms with Crippen LogP contribution in [0.25, 0.3) is 11.0 Å². The predicted octanol–water partition coefficient (Wildman–Crippen LogP) is 2.93. The van der Waals surface area contributed by atoms with Crippen molar-refractivity contribution in [1.82, 2.24) is 0 Å². The van der Waals surface area contributed by atoms with Crippen LogP contribution in [0, 0.1) is 0 Å². The van der Waals surface area contributed by atoms with Gasteiger partial charge in [-0.1, -0.05) is 30.3 Å². The molecule has 1 N–H and O–H groups in total. The number of hydrogen-bond donors (Lipinski definition) is 1. The van der Waals surface area contributed by atoms with Crippen LogP contribution in [0.1, 0.15) is 33.2 Å². The smallest absolute Gasteiger partial charge is 0.347 e. The van der Waals surface area contributed by atoms with Crippen molar-refractivity contribution in [3.63, 3.8) is 0 Å². The maximum absolute atomic E-state index is 12.5. The summed E-state index contributed by atoms with van der Waals surface area (Å²) in [5, 5.41) is 10.5. The second-order valence-corrected chi connectivity index (χ2v) is 5.07. The molecule has 1 heterocycles. The summed E-state index contributed by atoms with van der Waals surface area (Å²) in [5.74, 6) is -1.15. The zero-order valence-corrected chi connectivity index (χ0v) is 12.2. The van der Waals surface area contributed by atoms with E-state index in [1.54, 1.807) is 30.3 Å². The molecule has 0 fully saturated rings. The van der Waals surface area contributed by atoms with E-state index >= 15 is 0 Å². The van der Waals surface area contributed by atoms with E-state index in [1.165, 1.54) is 25.1 Å². The first-order valence-electron chi connectivity index (χ1n) is 6.89. The number of rotatable bonds is 3. The summed E-state index contributed by atoms with van der Waals surface area (Å²) in [4.78, 5) is 35.6. The van der Waals surface area contributed by atoms with E-state index in [4.69, 9.17) is 4.42 Å². The molecule has 0 amide bonds. The van der Waals surface area contributed by atoms with Crippen molar-refractivity contribution in [2.24, 2.45) is 0 Å². The molecule has 5 nitrogen and oxygen atoms in total. The SMILES string of the molecule is CC(=O)c1cc2c(O)c(C(=O)c3ccccc3)ccc2oc1=O. The van der Waals surface area contributed by atoms with Crippen LogP contribution in [0.5, 0.6) is 5.75 Å². The number of fused-ring (bicyclic) bond motifs is 1. The van der Waals surface area contributed by atoms with Crippen LogP contribution < -0.4 is 5.63 Å². The van der Waals surface area contributed by atoms with Crippen molar-refractivity contribution >= 4 is 22.5 Å². The number of phenols is 1. The van der Waals surface area contributed by atoms with E-state index in [0.29, 0.717) is 5.56 Å². The standard InChI is InChI=1S/C18H12O5/c1-10(19)13-9-14-15(23-18(13)22)8-7-12(17(14)21)16(20)11-5-3-2-4-6-11/h2-9,21H,1H3. The number of phenolic OH excluding ortho intramolecular Hbond substituents is 1. The summed E-state index contributed by atoms with van der Waals surface area (Å²) < 4.78 is 5.03. The first-order chi connectivity index (χ1) is 11.0. The van der Waals surface area contributed by atoms with E-state index in [2.05, 4.69) is 0 Å². The van der Waals surface area contributed by atoms with Crippen LogP contribution in [0.4, 0.5) is 0 Å². The van der Waals surface area contributed by atoms with Crippen LogP contribution in [0.15, 0.2) is 57.7 Å². The lowest BCUT2D eigenvalue weighted by Gasteiger charge is -2.07. The Morgan fingerprint density at radius 2 is 1.70 bits per heavy atom. The second-order valence-electron chi connectivity index (χ2n) is 5.07. The molecule has 0 saturated heterocycles. The number of carbonyl (C=O) groups is 2. The van der Waals surface area contributed by atoms with Gasteiger partial charge in [0.25, 0.3) is 0 Å². The van der Waals surface area contributed by atoms with Gasteiger partial charge in [-0.3, -0.25) is 9.59 Å². The van der Waals surface area contributed by atoms with Gasteiger partial charge in [-0.15, -0.1) is 0 Å². The van der Waals surface area contributed by atoms with Crippen LogP contribution in [0.2, 0.25) is 0 Å². The van der Waals surface area contributed by atoms with Gasteiger partial charge in [0.05, 0.1) is 10.9 Å². The molecule has 0 bridgehead atoms. The molecule has 0 aliphatic heterocycles. The van der Waals surface area contributed by atoms with Gasteiger partial charge < -0.3 is 9.52 Å². The zero-order chi connectivity index (χ0) is 16.6. The highest BCUT2D eigenvalue weighted by Crippen LogP contribution is 2.30. The quantitative estimate of drug-likeness (QED) is 0.594. The van der Waals surface area contributed by atoms with E-state index < -0.39 is 11.4 Å². The van der Waals surface area contributed by atoms with E-state index in [9.17, 15) is 19.5 Å². The summed E-state index contributed by atoms with van der Waals surface area (Å²) in [5.41, 5.74) is -0.330. The molecular weight excluding hydrogens is 296 g/mol. The van der Waals surface area contributed by atoms with Gasteiger partial charge in [0.1, 0.15) is 16.9 Å². The van der Waals surface area contributed by atoms with Crippen molar-refractivity contribution in [1.29, 1.82) is 0 Å². The molecule has 0 unspecified atom stereocenters. The maximum atomic E-state index is 12.5. The number of Topliss-reactive ketones (excluding diaryl/α,β-unsaturated/α-hetero) is 1. The second kappa shape index (κ2) is 5.53. The Morgan fingerprint density at radius 1 is 1.00 bits per heavy atom. The third-order valence-electron chi connectivity index (χ3n) is 3.55. The summed E-state index contributed by atoms with van der Waals surface area (Å²) in [6.45, 7) is 1.23. The van der Waals surface area contributed by atoms with Crippen molar-refractivity contribution in [3.8, 4) is 5.75 Å². The largest absolute Gasteiger partial charge is 0.506 e. The lowest BCUT2D eigenvalue weighted by molar-refractivity contribution is 0.101. The molecule has 0 saturated carbocycles. The van der Waals surface area contributed by atoms with Gasteiger partial charge in [0.2, 0.25) is 0 Å². The fourth-order valence-corrected chi connectivity index (χ4v) is 2.35. The van der Waals surface area contributed by atoms with Crippen LogP contribution in [-0.2, 0) is 0 Å². The van der Waals surface area contributed by atoms with Crippen molar-refractivity contribution in [3.05, 3.63) is 75.6 Å². The van der Waals surface area contributed by atoms with Gasteiger partial charge in [0, 0.05) is 5.56 Å². The normalized spacial score (nSPS) is 10.7. The minimum Gasteiger partial charge on any atom is -0.506 e. The number of ketones is 2. The molecular formula is C18H12O5.